The number of carbonyl (C=O) groups excluding carboxylic acids is 1. The standard InChI is InChI=1S/C17H17FO3/c1-2-10-20-16-8-3-4-9-17(16)21-12-15(19)13-6-5-7-14(18)11-13/h3-9,11H,2,10,12H2,1H3. The van der Waals surface area contributed by atoms with Gasteiger partial charge in [0.2, 0.25) is 0 Å². The zero-order chi connectivity index (χ0) is 15.1. The Morgan fingerprint density at radius 2 is 1.76 bits per heavy atom. The number of halogens is 1. The first-order valence-electron chi connectivity index (χ1n) is 6.84. The molecule has 21 heavy (non-hydrogen) atoms. The highest BCUT2D eigenvalue weighted by Crippen LogP contribution is 2.26. The third-order valence-corrected chi connectivity index (χ3v) is 2.82. The first kappa shape index (κ1) is 15.0. The maximum Gasteiger partial charge on any atom is 0.200 e. The Kier molecular flexibility index (Phi) is 5.32. The number of hydrogen-bond acceptors (Lipinski definition) is 3. The summed E-state index contributed by atoms with van der Waals surface area (Å²) in [7, 11) is 0. The van der Waals surface area contributed by atoms with Gasteiger partial charge < -0.3 is 9.47 Å². The van der Waals surface area contributed by atoms with E-state index in [2.05, 4.69) is 0 Å². The highest BCUT2D eigenvalue weighted by atomic mass is 19.1. The van der Waals surface area contributed by atoms with E-state index in [0.29, 0.717) is 23.7 Å². The molecular weight excluding hydrogens is 271 g/mol. The Morgan fingerprint density at radius 3 is 2.43 bits per heavy atom. The summed E-state index contributed by atoms with van der Waals surface area (Å²) in [5, 5.41) is 0. The van der Waals surface area contributed by atoms with Gasteiger partial charge in [0.25, 0.3) is 0 Å². The molecule has 0 saturated heterocycles. The Bertz CT molecular complexity index is 610. The van der Waals surface area contributed by atoms with Gasteiger partial charge >= 0.3 is 0 Å². The van der Waals surface area contributed by atoms with Crippen LogP contribution in [0.4, 0.5) is 4.39 Å². The van der Waals surface area contributed by atoms with Gasteiger partial charge in [-0.1, -0.05) is 31.2 Å². The van der Waals surface area contributed by atoms with Crippen LogP contribution >= 0.6 is 0 Å². The molecule has 0 aliphatic heterocycles. The predicted octanol–water partition coefficient (Wildman–Crippen LogP) is 3.88. The van der Waals surface area contributed by atoms with Crippen molar-refractivity contribution < 1.29 is 18.7 Å². The molecule has 0 fully saturated rings. The number of rotatable bonds is 7. The minimum Gasteiger partial charge on any atom is -0.490 e. The molecule has 0 aliphatic carbocycles. The molecule has 0 saturated carbocycles. The number of hydrogen-bond donors (Lipinski definition) is 0. The van der Waals surface area contributed by atoms with Crippen LogP contribution in [0, 0.1) is 5.82 Å². The Morgan fingerprint density at radius 1 is 1.05 bits per heavy atom. The van der Waals surface area contributed by atoms with E-state index in [1.54, 1.807) is 24.3 Å². The number of para-hydroxylation sites is 2. The maximum atomic E-state index is 13.1. The summed E-state index contributed by atoms with van der Waals surface area (Å²) in [6.45, 7) is 2.44. The minimum atomic E-state index is -0.437. The van der Waals surface area contributed by atoms with Crippen LogP contribution in [0.15, 0.2) is 48.5 Å². The van der Waals surface area contributed by atoms with Crippen LogP contribution in [0.25, 0.3) is 0 Å². The molecule has 0 spiro atoms. The van der Waals surface area contributed by atoms with Crippen LogP contribution in [0.1, 0.15) is 23.7 Å². The zero-order valence-corrected chi connectivity index (χ0v) is 11.8. The molecule has 3 nitrogen and oxygen atoms in total. The molecule has 2 aromatic carbocycles. The van der Waals surface area contributed by atoms with Gasteiger partial charge in [0.05, 0.1) is 6.61 Å². The van der Waals surface area contributed by atoms with Gasteiger partial charge in [-0.05, 0) is 30.7 Å². The van der Waals surface area contributed by atoms with E-state index in [-0.39, 0.29) is 12.4 Å². The Labute approximate surface area is 123 Å². The van der Waals surface area contributed by atoms with Crippen molar-refractivity contribution in [3.05, 3.63) is 59.9 Å². The molecule has 0 heterocycles. The van der Waals surface area contributed by atoms with Crippen molar-refractivity contribution in [3.8, 4) is 11.5 Å². The molecule has 4 heteroatoms. The molecule has 0 radical (unpaired) electrons. The minimum absolute atomic E-state index is 0.157. The third kappa shape index (κ3) is 4.31. The van der Waals surface area contributed by atoms with E-state index < -0.39 is 5.82 Å². The summed E-state index contributed by atoms with van der Waals surface area (Å²) in [5.74, 6) is 0.398. The van der Waals surface area contributed by atoms with Gasteiger partial charge in [0.1, 0.15) is 5.82 Å². The first-order chi connectivity index (χ1) is 10.2. The van der Waals surface area contributed by atoms with E-state index in [9.17, 15) is 9.18 Å². The number of Topliss-reactive ketones (excluding diaryl/α,β-unsaturated/α-hetero) is 1. The van der Waals surface area contributed by atoms with Gasteiger partial charge in [-0.25, -0.2) is 4.39 Å². The van der Waals surface area contributed by atoms with Crippen molar-refractivity contribution in [3.63, 3.8) is 0 Å². The third-order valence-electron chi connectivity index (χ3n) is 2.82. The summed E-state index contributed by atoms with van der Waals surface area (Å²) in [6.07, 6.45) is 0.885. The second kappa shape index (κ2) is 7.43. The predicted molar refractivity (Wildman–Crippen MR) is 78.5 cm³/mol. The quantitative estimate of drug-likeness (QED) is 0.725. The highest BCUT2D eigenvalue weighted by Gasteiger charge is 2.10. The molecule has 2 rings (SSSR count). The number of ketones is 1. The molecule has 0 aromatic heterocycles. The average molecular weight is 288 g/mol. The summed E-state index contributed by atoms with van der Waals surface area (Å²) < 4.78 is 24.1. The van der Waals surface area contributed by atoms with Crippen molar-refractivity contribution in [1.29, 1.82) is 0 Å². The lowest BCUT2D eigenvalue weighted by molar-refractivity contribution is 0.0918. The lowest BCUT2D eigenvalue weighted by atomic mass is 10.1. The average Bonchev–Trinajstić information content (AvgIpc) is 2.51. The van der Waals surface area contributed by atoms with Crippen LogP contribution in [-0.4, -0.2) is 19.0 Å². The van der Waals surface area contributed by atoms with Crippen molar-refractivity contribution >= 4 is 5.78 Å². The monoisotopic (exact) mass is 288 g/mol. The van der Waals surface area contributed by atoms with E-state index in [1.807, 2.05) is 13.0 Å². The van der Waals surface area contributed by atoms with E-state index in [1.165, 1.54) is 18.2 Å². The van der Waals surface area contributed by atoms with Crippen molar-refractivity contribution in [1.82, 2.24) is 0 Å². The normalized spacial score (nSPS) is 10.2. The van der Waals surface area contributed by atoms with Crippen LogP contribution in [0.2, 0.25) is 0 Å². The van der Waals surface area contributed by atoms with Crippen LogP contribution in [-0.2, 0) is 0 Å². The number of carbonyl (C=O) groups is 1. The molecule has 0 atom stereocenters. The fraction of sp³-hybridized carbons (Fsp3) is 0.235. The fourth-order valence-corrected chi connectivity index (χ4v) is 1.79. The molecule has 0 aliphatic rings. The molecule has 0 unspecified atom stereocenters. The lowest BCUT2D eigenvalue weighted by Gasteiger charge is -2.11. The molecule has 2 aromatic rings. The van der Waals surface area contributed by atoms with E-state index >= 15 is 0 Å². The summed E-state index contributed by atoms with van der Waals surface area (Å²) in [6, 6.07) is 12.7. The van der Waals surface area contributed by atoms with Crippen LogP contribution < -0.4 is 9.47 Å². The number of ether oxygens (including phenoxy) is 2. The number of benzene rings is 2. The smallest absolute Gasteiger partial charge is 0.200 e. The molecule has 0 amide bonds. The second-order valence-corrected chi connectivity index (χ2v) is 4.52. The van der Waals surface area contributed by atoms with E-state index in [0.717, 1.165) is 6.42 Å². The van der Waals surface area contributed by atoms with Gasteiger partial charge in [-0.15, -0.1) is 0 Å². The van der Waals surface area contributed by atoms with Gasteiger partial charge in [-0.2, -0.15) is 0 Å². The van der Waals surface area contributed by atoms with Crippen molar-refractivity contribution in [2.24, 2.45) is 0 Å². The summed E-state index contributed by atoms with van der Waals surface area (Å²) in [4.78, 5) is 12.0. The second-order valence-electron chi connectivity index (χ2n) is 4.52. The Hall–Kier alpha value is -2.36. The first-order valence-corrected chi connectivity index (χ1v) is 6.84. The molecule has 110 valence electrons. The van der Waals surface area contributed by atoms with Crippen LogP contribution in [0.3, 0.4) is 0 Å². The highest BCUT2D eigenvalue weighted by molar-refractivity contribution is 5.97. The zero-order valence-electron chi connectivity index (χ0n) is 11.8. The van der Waals surface area contributed by atoms with Gasteiger partial charge in [0, 0.05) is 5.56 Å². The summed E-state index contributed by atoms with van der Waals surface area (Å²) >= 11 is 0. The molecule has 0 bridgehead atoms. The van der Waals surface area contributed by atoms with Gasteiger partial charge in [-0.3, -0.25) is 4.79 Å². The summed E-state index contributed by atoms with van der Waals surface area (Å²) in [5.41, 5.74) is 0.293. The lowest BCUT2D eigenvalue weighted by Crippen LogP contribution is -2.12. The topological polar surface area (TPSA) is 35.5 Å². The van der Waals surface area contributed by atoms with E-state index in [4.69, 9.17) is 9.47 Å². The van der Waals surface area contributed by atoms with Crippen LogP contribution in [0.5, 0.6) is 11.5 Å². The van der Waals surface area contributed by atoms with Crippen molar-refractivity contribution in [2.45, 2.75) is 13.3 Å². The SMILES string of the molecule is CCCOc1ccccc1OCC(=O)c1cccc(F)c1. The Balaban J connectivity index is 2.01. The van der Waals surface area contributed by atoms with Gasteiger partial charge in [0.15, 0.2) is 23.9 Å². The maximum absolute atomic E-state index is 13.1. The molecular formula is C17H17FO3. The molecule has 0 N–H and O–H groups in total. The fourth-order valence-electron chi connectivity index (χ4n) is 1.79. The largest absolute Gasteiger partial charge is 0.490 e. The van der Waals surface area contributed by atoms with Crippen molar-refractivity contribution in [2.75, 3.05) is 13.2 Å².